The third-order valence-electron chi connectivity index (χ3n) is 2.35. The van der Waals surface area contributed by atoms with Gasteiger partial charge in [0.25, 0.3) is 0 Å². The summed E-state index contributed by atoms with van der Waals surface area (Å²) in [7, 11) is 0. The average Bonchev–Trinajstić information content (AvgIpc) is 2.28. The maximum Gasteiger partial charge on any atom is 0.135 e. The Labute approximate surface area is 97.9 Å². The lowest BCUT2D eigenvalue weighted by Gasteiger charge is -2.09. The molecule has 16 heavy (non-hydrogen) atoms. The number of aliphatic hydroxyl groups is 1. The van der Waals surface area contributed by atoms with Crippen LogP contribution in [0.15, 0.2) is 30.3 Å². The topological polar surface area (TPSA) is 56.9 Å². The zero-order valence-corrected chi connectivity index (χ0v) is 9.15. The Kier molecular flexibility index (Phi) is 3.04. The largest absolute Gasteiger partial charge is 0.387 e. The van der Waals surface area contributed by atoms with E-state index in [1.54, 1.807) is 6.07 Å². The van der Waals surface area contributed by atoms with Crippen molar-refractivity contribution in [2.75, 3.05) is 0 Å². The van der Waals surface area contributed by atoms with E-state index in [1.807, 2.05) is 30.3 Å². The molecule has 1 aromatic carbocycles. The minimum atomic E-state index is -0.880. The van der Waals surface area contributed by atoms with E-state index in [4.69, 9.17) is 16.9 Å². The van der Waals surface area contributed by atoms with Gasteiger partial charge in [0.2, 0.25) is 0 Å². The van der Waals surface area contributed by atoms with Gasteiger partial charge in [0.05, 0.1) is 24.1 Å². The molecule has 0 fully saturated rings. The van der Waals surface area contributed by atoms with Crippen molar-refractivity contribution in [2.24, 2.45) is 0 Å². The van der Waals surface area contributed by atoms with Crippen LogP contribution in [0.1, 0.15) is 18.1 Å². The van der Waals surface area contributed by atoms with Gasteiger partial charge in [-0.2, -0.15) is 5.26 Å². The molecule has 3 nitrogen and oxygen atoms in total. The molecule has 1 aromatic heterocycles. The van der Waals surface area contributed by atoms with Crippen LogP contribution in [0.25, 0.3) is 10.9 Å². The van der Waals surface area contributed by atoms with Crippen LogP contribution in [0, 0.1) is 11.3 Å². The van der Waals surface area contributed by atoms with Gasteiger partial charge in [0.15, 0.2) is 0 Å². The Morgan fingerprint density at radius 3 is 2.94 bits per heavy atom. The predicted molar refractivity (Wildman–Crippen MR) is 61.9 cm³/mol. The maximum absolute atomic E-state index is 9.71. The van der Waals surface area contributed by atoms with Crippen molar-refractivity contribution < 1.29 is 5.11 Å². The minimum Gasteiger partial charge on any atom is -0.387 e. The lowest BCUT2D eigenvalue weighted by molar-refractivity contribution is 0.183. The first-order valence-corrected chi connectivity index (χ1v) is 5.20. The molecule has 2 aromatic rings. The molecule has 0 aliphatic rings. The highest BCUT2D eigenvalue weighted by molar-refractivity contribution is 6.30. The first kappa shape index (κ1) is 10.9. The third kappa shape index (κ3) is 1.99. The number of nitriles is 1. The van der Waals surface area contributed by atoms with Crippen LogP contribution in [-0.2, 0) is 0 Å². The number of hydrogen-bond acceptors (Lipinski definition) is 3. The van der Waals surface area contributed by atoms with Gasteiger partial charge in [0.1, 0.15) is 5.15 Å². The van der Waals surface area contributed by atoms with Crippen LogP contribution in [0.4, 0.5) is 0 Å². The van der Waals surface area contributed by atoms with Crippen LogP contribution in [0.5, 0.6) is 0 Å². The Balaban J connectivity index is 2.54. The SMILES string of the molecule is N#CCC(O)c1cc2ccccc2nc1Cl. The Morgan fingerprint density at radius 1 is 1.44 bits per heavy atom. The van der Waals surface area contributed by atoms with E-state index in [-0.39, 0.29) is 11.6 Å². The summed E-state index contributed by atoms with van der Waals surface area (Å²) in [4.78, 5) is 4.17. The third-order valence-corrected chi connectivity index (χ3v) is 2.65. The quantitative estimate of drug-likeness (QED) is 0.810. The van der Waals surface area contributed by atoms with E-state index in [9.17, 15) is 5.11 Å². The van der Waals surface area contributed by atoms with Gasteiger partial charge in [-0.1, -0.05) is 29.8 Å². The van der Waals surface area contributed by atoms with E-state index in [0.29, 0.717) is 5.56 Å². The minimum absolute atomic E-state index is 0.0136. The standard InChI is InChI=1S/C12H9ClN2O/c13-12-9(11(16)5-6-14)7-8-3-1-2-4-10(8)15-12/h1-4,7,11,16H,5H2. The van der Waals surface area contributed by atoms with Crippen LogP contribution in [-0.4, -0.2) is 10.1 Å². The summed E-state index contributed by atoms with van der Waals surface area (Å²) in [6, 6.07) is 11.2. The zero-order chi connectivity index (χ0) is 11.5. The van der Waals surface area contributed by atoms with Gasteiger partial charge in [-0.05, 0) is 12.1 Å². The van der Waals surface area contributed by atoms with E-state index < -0.39 is 6.10 Å². The van der Waals surface area contributed by atoms with Gasteiger partial charge in [-0.3, -0.25) is 0 Å². The fourth-order valence-electron chi connectivity index (χ4n) is 1.54. The molecule has 1 atom stereocenters. The van der Waals surface area contributed by atoms with Gasteiger partial charge in [0, 0.05) is 10.9 Å². The molecule has 1 heterocycles. The summed E-state index contributed by atoms with van der Waals surface area (Å²) in [5, 5.41) is 19.4. The number of pyridine rings is 1. The van der Waals surface area contributed by atoms with Crippen molar-refractivity contribution in [1.29, 1.82) is 5.26 Å². The van der Waals surface area contributed by atoms with Gasteiger partial charge in [-0.15, -0.1) is 0 Å². The molecule has 0 bridgehead atoms. The van der Waals surface area contributed by atoms with Crippen LogP contribution >= 0.6 is 11.6 Å². The van der Waals surface area contributed by atoms with E-state index in [0.717, 1.165) is 10.9 Å². The van der Waals surface area contributed by atoms with Crippen molar-refractivity contribution in [3.8, 4) is 6.07 Å². The Morgan fingerprint density at radius 2 is 2.19 bits per heavy atom. The summed E-state index contributed by atoms with van der Waals surface area (Å²) in [6.07, 6.45) is -0.866. The predicted octanol–water partition coefficient (Wildman–Crippen LogP) is 2.84. The monoisotopic (exact) mass is 232 g/mol. The van der Waals surface area contributed by atoms with Crippen molar-refractivity contribution in [2.45, 2.75) is 12.5 Å². The van der Waals surface area contributed by atoms with Crippen molar-refractivity contribution in [1.82, 2.24) is 4.98 Å². The molecule has 1 N–H and O–H groups in total. The van der Waals surface area contributed by atoms with Crippen molar-refractivity contribution >= 4 is 22.5 Å². The molecule has 0 aliphatic heterocycles. The Bertz CT molecular complexity index is 562. The molecular weight excluding hydrogens is 224 g/mol. The average molecular weight is 233 g/mol. The molecular formula is C12H9ClN2O. The van der Waals surface area contributed by atoms with Crippen LogP contribution in [0.3, 0.4) is 0 Å². The number of halogens is 1. The molecule has 2 rings (SSSR count). The molecule has 0 amide bonds. The number of benzene rings is 1. The molecule has 0 radical (unpaired) electrons. The molecule has 0 aliphatic carbocycles. The number of aromatic nitrogens is 1. The molecule has 0 spiro atoms. The smallest absolute Gasteiger partial charge is 0.135 e. The lowest BCUT2D eigenvalue weighted by atomic mass is 10.1. The van der Waals surface area contributed by atoms with E-state index in [2.05, 4.69) is 4.98 Å². The second-order valence-corrected chi connectivity index (χ2v) is 3.80. The number of nitrogens with zero attached hydrogens (tertiary/aromatic N) is 2. The summed E-state index contributed by atoms with van der Waals surface area (Å²) >= 11 is 5.95. The fraction of sp³-hybridized carbons (Fsp3) is 0.167. The molecule has 1 unspecified atom stereocenters. The molecule has 0 saturated carbocycles. The summed E-state index contributed by atoms with van der Waals surface area (Å²) in [6.45, 7) is 0. The van der Waals surface area contributed by atoms with Crippen molar-refractivity contribution in [3.05, 3.63) is 41.0 Å². The van der Waals surface area contributed by atoms with E-state index >= 15 is 0 Å². The van der Waals surface area contributed by atoms with Gasteiger partial charge >= 0.3 is 0 Å². The molecule has 0 saturated heterocycles. The maximum atomic E-state index is 9.71. The number of para-hydroxylation sites is 1. The number of aliphatic hydroxyl groups excluding tert-OH is 1. The number of rotatable bonds is 2. The van der Waals surface area contributed by atoms with Crippen LogP contribution < -0.4 is 0 Å². The Hall–Kier alpha value is -1.63. The highest BCUT2D eigenvalue weighted by Crippen LogP contribution is 2.27. The summed E-state index contributed by atoms with van der Waals surface area (Å²) in [5.41, 5.74) is 1.28. The fourth-order valence-corrected chi connectivity index (χ4v) is 1.81. The normalized spacial score (nSPS) is 12.3. The lowest BCUT2D eigenvalue weighted by Crippen LogP contribution is -1.98. The second kappa shape index (κ2) is 4.48. The van der Waals surface area contributed by atoms with Gasteiger partial charge in [-0.25, -0.2) is 4.98 Å². The molecule has 4 heteroatoms. The van der Waals surface area contributed by atoms with E-state index in [1.165, 1.54) is 0 Å². The summed E-state index contributed by atoms with van der Waals surface area (Å²) in [5.74, 6) is 0. The zero-order valence-electron chi connectivity index (χ0n) is 8.39. The first-order valence-electron chi connectivity index (χ1n) is 4.82. The summed E-state index contributed by atoms with van der Waals surface area (Å²) < 4.78 is 0. The van der Waals surface area contributed by atoms with Crippen molar-refractivity contribution in [3.63, 3.8) is 0 Å². The molecule has 80 valence electrons. The van der Waals surface area contributed by atoms with Crippen LogP contribution in [0.2, 0.25) is 5.15 Å². The van der Waals surface area contributed by atoms with Gasteiger partial charge < -0.3 is 5.11 Å². The first-order chi connectivity index (χ1) is 7.72. The number of hydrogen-bond donors (Lipinski definition) is 1. The highest BCUT2D eigenvalue weighted by Gasteiger charge is 2.13. The number of fused-ring (bicyclic) bond motifs is 1. The second-order valence-electron chi connectivity index (χ2n) is 3.44. The highest BCUT2D eigenvalue weighted by atomic mass is 35.5.